The molecule has 3 heteroatoms. The Labute approximate surface area is 68.4 Å². The summed E-state index contributed by atoms with van der Waals surface area (Å²) in [6.45, 7) is 3.65. The molecule has 0 aromatic rings. The van der Waals surface area contributed by atoms with Crippen LogP contribution in [0.4, 0.5) is 0 Å². The fourth-order valence-corrected chi connectivity index (χ4v) is 0.818. The predicted molar refractivity (Wildman–Crippen MR) is 44.5 cm³/mol. The summed E-state index contributed by atoms with van der Waals surface area (Å²) in [5, 5.41) is 12.0. The van der Waals surface area contributed by atoms with Crippen LogP contribution in [0.5, 0.6) is 0 Å². The van der Waals surface area contributed by atoms with E-state index < -0.39 is 0 Å². The summed E-state index contributed by atoms with van der Waals surface area (Å²) >= 11 is 0. The highest BCUT2D eigenvalue weighted by Gasteiger charge is 2.20. The van der Waals surface area contributed by atoms with Gasteiger partial charge in [-0.15, -0.1) is 12.4 Å². The molecule has 1 atom stereocenters. The molecule has 0 spiro atoms. The lowest BCUT2D eigenvalue weighted by Gasteiger charge is -2.04. The van der Waals surface area contributed by atoms with Gasteiger partial charge in [0.15, 0.2) is 0 Å². The number of rotatable bonds is 4. The second-order valence-electron chi connectivity index (χ2n) is 2.95. The maximum absolute atomic E-state index is 8.82. The molecule has 0 saturated heterocycles. The molecule has 0 aromatic carbocycles. The number of hydrogen-bond donors (Lipinski definition) is 2. The quantitative estimate of drug-likeness (QED) is 0.646. The van der Waals surface area contributed by atoms with Gasteiger partial charge in [-0.3, -0.25) is 0 Å². The van der Waals surface area contributed by atoms with E-state index in [0.29, 0.717) is 0 Å². The van der Waals surface area contributed by atoms with E-state index in [1.165, 1.54) is 12.8 Å². The van der Waals surface area contributed by atoms with E-state index in [1.54, 1.807) is 6.92 Å². The van der Waals surface area contributed by atoms with Crippen LogP contribution in [0.3, 0.4) is 0 Å². The number of aliphatic hydroxyl groups is 1. The molecule has 1 aliphatic rings. The summed E-state index contributed by atoms with van der Waals surface area (Å²) in [4.78, 5) is 0. The van der Waals surface area contributed by atoms with Crippen molar-refractivity contribution < 1.29 is 5.11 Å². The molecule has 0 amide bonds. The third-order valence-electron chi connectivity index (χ3n) is 1.57. The topological polar surface area (TPSA) is 32.3 Å². The van der Waals surface area contributed by atoms with Gasteiger partial charge in [0.05, 0.1) is 6.10 Å². The van der Waals surface area contributed by atoms with Gasteiger partial charge in [0.25, 0.3) is 0 Å². The van der Waals surface area contributed by atoms with E-state index in [-0.39, 0.29) is 18.5 Å². The number of nitrogens with one attached hydrogen (secondary N) is 1. The van der Waals surface area contributed by atoms with Crippen molar-refractivity contribution >= 4 is 12.4 Å². The van der Waals surface area contributed by atoms with Gasteiger partial charge in [-0.05, 0) is 32.2 Å². The fourth-order valence-electron chi connectivity index (χ4n) is 0.818. The van der Waals surface area contributed by atoms with Crippen LogP contribution in [0.2, 0.25) is 0 Å². The first-order valence-corrected chi connectivity index (χ1v) is 3.68. The summed E-state index contributed by atoms with van der Waals surface area (Å²) in [6, 6.07) is 0. The Kier molecular flexibility index (Phi) is 5.04. The van der Waals surface area contributed by atoms with Gasteiger partial charge in [0.2, 0.25) is 0 Å². The number of halogens is 1. The molecule has 1 saturated carbocycles. The smallest absolute Gasteiger partial charge is 0.0636 e. The Morgan fingerprint density at radius 1 is 1.60 bits per heavy atom. The van der Waals surface area contributed by atoms with E-state index in [1.807, 2.05) is 0 Å². The van der Waals surface area contributed by atoms with Crippen molar-refractivity contribution in [2.45, 2.75) is 25.9 Å². The van der Waals surface area contributed by atoms with Crippen LogP contribution in [-0.2, 0) is 0 Å². The van der Waals surface area contributed by atoms with Crippen LogP contribution in [0, 0.1) is 5.92 Å². The zero-order chi connectivity index (χ0) is 6.69. The van der Waals surface area contributed by atoms with Crippen LogP contribution < -0.4 is 5.32 Å². The normalized spacial score (nSPS) is 19.8. The molecule has 0 aliphatic heterocycles. The zero-order valence-electron chi connectivity index (χ0n) is 6.34. The highest BCUT2D eigenvalue weighted by atomic mass is 35.5. The molecular weight excluding hydrogens is 150 g/mol. The molecule has 0 unspecified atom stereocenters. The average Bonchev–Trinajstić information content (AvgIpc) is 2.48. The molecule has 2 nitrogen and oxygen atoms in total. The minimum absolute atomic E-state index is 0. The number of hydrogen-bond acceptors (Lipinski definition) is 2. The van der Waals surface area contributed by atoms with Gasteiger partial charge in [0, 0.05) is 6.54 Å². The maximum Gasteiger partial charge on any atom is 0.0636 e. The van der Waals surface area contributed by atoms with E-state index in [9.17, 15) is 0 Å². The Morgan fingerprint density at radius 3 is 2.60 bits per heavy atom. The van der Waals surface area contributed by atoms with Crippen LogP contribution in [0.15, 0.2) is 0 Å². The first-order valence-electron chi connectivity index (χ1n) is 3.68. The second-order valence-corrected chi connectivity index (χ2v) is 2.95. The van der Waals surface area contributed by atoms with Crippen molar-refractivity contribution in [2.75, 3.05) is 13.1 Å². The monoisotopic (exact) mass is 165 g/mol. The van der Waals surface area contributed by atoms with Crippen molar-refractivity contribution in [1.82, 2.24) is 5.32 Å². The molecule has 1 fully saturated rings. The van der Waals surface area contributed by atoms with Crippen molar-refractivity contribution in [3.63, 3.8) is 0 Å². The summed E-state index contributed by atoms with van der Waals surface area (Å²) in [7, 11) is 0. The summed E-state index contributed by atoms with van der Waals surface area (Å²) < 4.78 is 0. The molecule has 0 bridgehead atoms. The van der Waals surface area contributed by atoms with Gasteiger partial charge in [-0.1, -0.05) is 0 Å². The molecule has 1 rings (SSSR count). The largest absolute Gasteiger partial charge is 0.392 e. The van der Waals surface area contributed by atoms with Crippen LogP contribution in [-0.4, -0.2) is 24.3 Å². The standard InChI is InChI=1S/C7H15NO.ClH/c1-6(9)4-8-5-7-2-3-7;/h6-9H,2-5H2,1H3;1H/t6-;/m1./s1. The van der Waals surface area contributed by atoms with Gasteiger partial charge >= 0.3 is 0 Å². The van der Waals surface area contributed by atoms with Gasteiger partial charge in [-0.2, -0.15) is 0 Å². The molecule has 10 heavy (non-hydrogen) atoms. The van der Waals surface area contributed by atoms with Crippen molar-refractivity contribution in [2.24, 2.45) is 5.92 Å². The predicted octanol–water partition coefficient (Wildman–Crippen LogP) is 0.789. The summed E-state index contributed by atoms with van der Waals surface area (Å²) in [5.41, 5.74) is 0. The highest BCUT2D eigenvalue weighted by Crippen LogP contribution is 2.27. The Morgan fingerprint density at radius 2 is 2.20 bits per heavy atom. The van der Waals surface area contributed by atoms with Crippen molar-refractivity contribution in [3.8, 4) is 0 Å². The van der Waals surface area contributed by atoms with Crippen molar-refractivity contribution in [1.29, 1.82) is 0 Å². The number of aliphatic hydroxyl groups excluding tert-OH is 1. The van der Waals surface area contributed by atoms with Crippen LogP contribution >= 0.6 is 12.4 Å². The lowest BCUT2D eigenvalue weighted by atomic mass is 10.3. The van der Waals surface area contributed by atoms with Gasteiger partial charge in [-0.25, -0.2) is 0 Å². The summed E-state index contributed by atoms with van der Waals surface area (Å²) in [5.74, 6) is 0.920. The van der Waals surface area contributed by atoms with E-state index >= 15 is 0 Å². The third-order valence-corrected chi connectivity index (χ3v) is 1.57. The Balaban J connectivity index is 0.000000810. The Bertz CT molecular complexity index is 81.7. The summed E-state index contributed by atoms with van der Waals surface area (Å²) in [6.07, 6.45) is 2.57. The molecule has 0 radical (unpaired) electrons. The highest BCUT2D eigenvalue weighted by molar-refractivity contribution is 5.85. The Hall–Kier alpha value is 0.210. The van der Waals surface area contributed by atoms with Crippen LogP contribution in [0.1, 0.15) is 19.8 Å². The van der Waals surface area contributed by atoms with E-state index in [4.69, 9.17) is 5.11 Å². The van der Waals surface area contributed by atoms with Gasteiger partial charge in [0.1, 0.15) is 0 Å². The maximum atomic E-state index is 8.82. The lowest BCUT2D eigenvalue weighted by Crippen LogP contribution is -2.26. The lowest BCUT2D eigenvalue weighted by molar-refractivity contribution is 0.191. The minimum atomic E-state index is -0.191. The molecule has 62 valence electrons. The van der Waals surface area contributed by atoms with E-state index in [2.05, 4.69) is 5.32 Å². The van der Waals surface area contributed by atoms with Crippen molar-refractivity contribution in [3.05, 3.63) is 0 Å². The third kappa shape index (κ3) is 5.03. The SMILES string of the molecule is C[C@@H](O)CNCC1CC1.Cl. The molecular formula is C7H16ClNO. The first kappa shape index (κ1) is 10.2. The second kappa shape index (κ2) is 4.94. The first-order chi connectivity index (χ1) is 4.29. The molecule has 1 aliphatic carbocycles. The fraction of sp³-hybridized carbons (Fsp3) is 1.00. The van der Waals surface area contributed by atoms with E-state index in [0.717, 1.165) is 19.0 Å². The average molecular weight is 166 g/mol. The van der Waals surface area contributed by atoms with Crippen LogP contribution in [0.25, 0.3) is 0 Å². The van der Waals surface area contributed by atoms with Gasteiger partial charge < -0.3 is 10.4 Å². The zero-order valence-corrected chi connectivity index (χ0v) is 7.16. The molecule has 2 N–H and O–H groups in total. The molecule has 0 heterocycles. The minimum Gasteiger partial charge on any atom is -0.392 e. The molecule has 0 aromatic heterocycles.